The lowest BCUT2D eigenvalue weighted by Crippen LogP contribution is -1.87. The fraction of sp³-hybridized carbons (Fsp3) is 0. The van der Waals surface area contributed by atoms with Gasteiger partial charge in [0.25, 0.3) is 0 Å². The summed E-state index contributed by atoms with van der Waals surface area (Å²) < 4.78 is 1.16. The fourth-order valence-corrected chi connectivity index (χ4v) is 3.45. The van der Waals surface area contributed by atoms with Crippen molar-refractivity contribution in [2.75, 3.05) is 5.32 Å². The van der Waals surface area contributed by atoms with Gasteiger partial charge >= 0.3 is 0 Å². The van der Waals surface area contributed by atoms with Gasteiger partial charge in [0.05, 0.1) is 20.8 Å². The average Bonchev–Trinajstić information content (AvgIpc) is 3.01. The van der Waals surface area contributed by atoms with Crippen LogP contribution in [0.5, 0.6) is 0 Å². The third-order valence-electron chi connectivity index (χ3n) is 2.57. The predicted octanol–water partition coefficient (Wildman–Crippen LogP) is 4.78. The number of thiazole rings is 2. The third kappa shape index (κ3) is 2.30. The summed E-state index contributed by atoms with van der Waals surface area (Å²) in [5, 5.41) is 4.90. The molecule has 0 unspecified atom stereocenters. The molecule has 0 fully saturated rings. The molecule has 0 aliphatic heterocycles. The first-order valence-electron chi connectivity index (χ1n) is 5.68. The van der Waals surface area contributed by atoms with Crippen molar-refractivity contribution in [3.8, 4) is 0 Å². The number of rotatable bonds is 4. The fourth-order valence-electron chi connectivity index (χ4n) is 1.71. The predicted molar refractivity (Wildman–Crippen MR) is 85.2 cm³/mol. The number of nitrogens with zero attached hydrogens (tertiary/aromatic N) is 2. The van der Waals surface area contributed by atoms with Gasteiger partial charge in [0, 0.05) is 0 Å². The molecular weight excluding hydrogens is 274 g/mol. The van der Waals surface area contributed by atoms with Gasteiger partial charge in [-0.15, -0.1) is 0 Å². The Balaban J connectivity index is 1.94. The Morgan fingerprint density at radius 1 is 1.00 bits per heavy atom. The molecule has 94 valence electrons. The van der Waals surface area contributed by atoms with Gasteiger partial charge in [-0.3, -0.25) is 0 Å². The van der Waals surface area contributed by atoms with Crippen molar-refractivity contribution in [2.24, 2.45) is 0 Å². The SMILES string of the molecule is C=Cc1nc(Nc2nc3ccccc3s2)sc1C=C. The molecule has 0 amide bonds. The van der Waals surface area contributed by atoms with Gasteiger partial charge in [-0.2, -0.15) is 0 Å². The van der Waals surface area contributed by atoms with E-state index in [1.165, 1.54) is 0 Å². The number of benzene rings is 1. The van der Waals surface area contributed by atoms with Crippen LogP contribution in [0.25, 0.3) is 22.4 Å². The van der Waals surface area contributed by atoms with Crippen molar-refractivity contribution in [1.29, 1.82) is 0 Å². The first kappa shape index (κ1) is 12.1. The third-order valence-corrected chi connectivity index (χ3v) is 4.50. The first-order chi connectivity index (χ1) is 9.30. The number of hydrogen-bond acceptors (Lipinski definition) is 5. The normalized spacial score (nSPS) is 10.5. The van der Waals surface area contributed by atoms with Crippen LogP contribution in [-0.2, 0) is 0 Å². The summed E-state index contributed by atoms with van der Waals surface area (Å²) in [4.78, 5) is 9.98. The van der Waals surface area contributed by atoms with Gasteiger partial charge < -0.3 is 5.32 Å². The second kappa shape index (κ2) is 4.95. The molecule has 1 aromatic carbocycles. The molecule has 0 bridgehead atoms. The molecule has 0 saturated heterocycles. The number of hydrogen-bond donors (Lipinski definition) is 1. The maximum atomic E-state index is 4.52. The Bertz CT molecular complexity index is 696. The molecule has 5 heteroatoms. The molecule has 0 aliphatic rings. The lowest BCUT2D eigenvalue weighted by molar-refractivity contribution is 1.34. The molecule has 19 heavy (non-hydrogen) atoms. The van der Waals surface area contributed by atoms with Crippen LogP contribution < -0.4 is 5.32 Å². The smallest absolute Gasteiger partial charge is 0.190 e. The van der Waals surface area contributed by atoms with E-state index in [-0.39, 0.29) is 0 Å². The number of para-hydroxylation sites is 1. The van der Waals surface area contributed by atoms with Gasteiger partial charge in [-0.25, -0.2) is 9.97 Å². The molecule has 3 aromatic rings. The molecule has 3 rings (SSSR count). The van der Waals surface area contributed by atoms with Crippen LogP contribution in [0.2, 0.25) is 0 Å². The van der Waals surface area contributed by atoms with E-state index in [0.717, 1.165) is 31.1 Å². The molecule has 1 N–H and O–H groups in total. The monoisotopic (exact) mass is 285 g/mol. The number of nitrogens with one attached hydrogen (secondary N) is 1. The minimum absolute atomic E-state index is 0.809. The van der Waals surface area contributed by atoms with E-state index in [9.17, 15) is 0 Å². The number of anilines is 2. The van der Waals surface area contributed by atoms with Gasteiger partial charge in [0.2, 0.25) is 0 Å². The van der Waals surface area contributed by atoms with Crippen LogP contribution in [0.15, 0.2) is 37.4 Å². The van der Waals surface area contributed by atoms with Crippen LogP contribution in [0, 0.1) is 0 Å². The summed E-state index contributed by atoms with van der Waals surface area (Å²) in [6, 6.07) is 8.06. The van der Waals surface area contributed by atoms with E-state index in [1.54, 1.807) is 34.8 Å². The van der Waals surface area contributed by atoms with Crippen molar-refractivity contribution in [1.82, 2.24) is 9.97 Å². The summed E-state index contributed by atoms with van der Waals surface area (Å²) >= 11 is 3.16. The summed E-state index contributed by atoms with van der Waals surface area (Å²) in [5.74, 6) is 0. The molecule has 2 heterocycles. The highest BCUT2D eigenvalue weighted by Crippen LogP contribution is 2.31. The maximum Gasteiger partial charge on any atom is 0.190 e. The minimum Gasteiger partial charge on any atom is -0.307 e. The Morgan fingerprint density at radius 3 is 2.47 bits per heavy atom. The highest BCUT2D eigenvalue weighted by atomic mass is 32.1. The van der Waals surface area contributed by atoms with Crippen LogP contribution >= 0.6 is 22.7 Å². The molecule has 2 aromatic heterocycles. The van der Waals surface area contributed by atoms with Crippen LogP contribution in [-0.4, -0.2) is 9.97 Å². The largest absolute Gasteiger partial charge is 0.307 e. The Hall–Kier alpha value is -1.98. The van der Waals surface area contributed by atoms with Gasteiger partial charge in [0.1, 0.15) is 0 Å². The summed E-state index contributed by atoms with van der Waals surface area (Å²) in [6.07, 6.45) is 3.52. The van der Waals surface area contributed by atoms with Crippen molar-refractivity contribution in [2.45, 2.75) is 0 Å². The van der Waals surface area contributed by atoms with E-state index >= 15 is 0 Å². The number of fused-ring (bicyclic) bond motifs is 1. The van der Waals surface area contributed by atoms with E-state index in [2.05, 4.69) is 34.5 Å². The molecule has 0 aliphatic carbocycles. The van der Waals surface area contributed by atoms with Crippen molar-refractivity contribution in [3.05, 3.63) is 48.0 Å². The molecule has 0 radical (unpaired) electrons. The molecule has 3 nitrogen and oxygen atoms in total. The molecule has 0 spiro atoms. The first-order valence-corrected chi connectivity index (χ1v) is 7.32. The maximum absolute atomic E-state index is 4.52. The Kier molecular flexibility index (Phi) is 3.15. The van der Waals surface area contributed by atoms with Crippen molar-refractivity contribution < 1.29 is 0 Å². The topological polar surface area (TPSA) is 37.8 Å². The van der Waals surface area contributed by atoms with Gasteiger partial charge in [-0.1, -0.05) is 48.0 Å². The Labute approximate surface area is 119 Å². The van der Waals surface area contributed by atoms with Crippen LogP contribution in [0.4, 0.5) is 10.3 Å². The summed E-state index contributed by atoms with van der Waals surface area (Å²) in [6.45, 7) is 7.53. The van der Waals surface area contributed by atoms with Crippen molar-refractivity contribution >= 4 is 55.3 Å². The highest BCUT2D eigenvalue weighted by Gasteiger charge is 2.08. The van der Waals surface area contributed by atoms with E-state index < -0.39 is 0 Å². The van der Waals surface area contributed by atoms with Gasteiger partial charge in [-0.05, 0) is 24.3 Å². The van der Waals surface area contributed by atoms with E-state index in [1.807, 2.05) is 18.2 Å². The highest BCUT2D eigenvalue weighted by molar-refractivity contribution is 7.22. The lowest BCUT2D eigenvalue weighted by atomic mass is 10.3. The molecule has 0 atom stereocenters. The zero-order valence-corrected chi connectivity index (χ0v) is 11.7. The van der Waals surface area contributed by atoms with Gasteiger partial charge in [0.15, 0.2) is 10.3 Å². The quantitative estimate of drug-likeness (QED) is 0.749. The molecule has 0 saturated carbocycles. The second-order valence-corrected chi connectivity index (χ2v) is 5.85. The summed E-state index contributed by atoms with van der Waals surface area (Å²) in [5.41, 5.74) is 1.85. The van der Waals surface area contributed by atoms with E-state index in [4.69, 9.17) is 0 Å². The van der Waals surface area contributed by atoms with Crippen LogP contribution in [0.1, 0.15) is 10.6 Å². The van der Waals surface area contributed by atoms with Crippen molar-refractivity contribution in [3.63, 3.8) is 0 Å². The second-order valence-electron chi connectivity index (χ2n) is 3.79. The zero-order valence-electron chi connectivity index (χ0n) is 10.1. The van der Waals surface area contributed by atoms with Crippen LogP contribution in [0.3, 0.4) is 0 Å². The number of aromatic nitrogens is 2. The lowest BCUT2D eigenvalue weighted by Gasteiger charge is -1.94. The zero-order chi connectivity index (χ0) is 13.2. The average molecular weight is 285 g/mol. The summed E-state index contributed by atoms with van der Waals surface area (Å²) in [7, 11) is 0. The Morgan fingerprint density at radius 2 is 1.79 bits per heavy atom. The van der Waals surface area contributed by atoms with E-state index in [0.29, 0.717) is 0 Å². The standard InChI is InChI=1S/C14H11N3S2/c1-3-9-11(4-2)18-13(15-9)17-14-16-10-7-5-6-8-12(10)19-14/h3-8H,1-2H2,(H,15,16,17). The minimum atomic E-state index is 0.809. The molecular formula is C14H11N3S2.